The van der Waals surface area contributed by atoms with E-state index >= 15 is 0 Å². The van der Waals surface area contributed by atoms with Gasteiger partial charge in [-0.05, 0) is 35.9 Å². The van der Waals surface area contributed by atoms with Gasteiger partial charge >= 0.3 is 0 Å². The predicted octanol–water partition coefficient (Wildman–Crippen LogP) is 2.48. The SMILES string of the molecule is O=C1CNC(c2ccccn2)c2cc(Br)ccc2N1. The molecule has 1 unspecified atom stereocenters. The van der Waals surface area contributed by atoms with E-state index in [4.69, 9.17) is 0 Å². The minimum atomic E-state index is -0.0901. The number of pyridine rings is 1. The van der Waals surface area contributed by atoms with E-state index < -0.39 is 0 Å². The van der Waals surface area contributed by atoms with Crippen molar-refractivity contribution in [3.05, 3.63) is 58.3 Å². The van der Waals surface area contributed by atoms with Crippen LogP contribution in [0.15, 0.2) is 47.1 Å². The Morgan fingerprint density at radius 1 is 1.26 bits per heavy atom. The molecule has 1 aliphatic heterocycles. The van der Waals surface area contributed by atoms with E-state index in [-0.39, 0.29) is 18.5 Å². The van der Waals surface area contributed by atoms with Gasteiger partial charge in [0.05, 0.1) is 18.3 Å². The Bertz CT molecular complexity index is 615. The number of fused-ring (bicyclic) bond motifs is 1. The van der Waals surface area contributed by atoms with Gasteiger partial charge in [-0.3, -0.25) is 15.1 Å². The quantitative estimate of drug-likeness (QED) is 0.849. The second-order valence-corrected chi connectivity index (χ2v) is 5.26. The number of amides is 1. The summed E-state index contributed by atoms with van der Waals surface area (Å²) in [6.45, 7) is 0.271. The number of nitrogens with one attached hydrogen (secondary N) is 2. The van der Waals surface area contributed by atoms with Gasteiger partial charge in [0, 0.05) is 16.4 Å². The molecule has 0 saturated heterocycles. The molecule has 0 saturated carbocycles. The van der Waals surface area contributed by atoms with Crippen molar-refractivity contribution in [1.82, 2.24) is 10.3 Å². The largest absolute Gasteiger partial charge is 0.325 e. The zero-order chi connectivity index (χ0) is 13.2. The molecule has 1 aromatic carbocycles. The van der Waals surface area contributed by atoms with Crippen molar-refractivity contribution < 1.29 is 4.79 Å². The van der Waals surface area contributed by atoms with Crippen LogP contribution in [0, 0.1) is 0 Å². The van der Waals surface area contributed by atoms with Gasteiger partial charge in [-0.25, -0.2) is 0 Å². The number of hydrogen-bond donors (Lipinski definition) is 2. The molecule has 19 heavy (non-hydrogen) atoms. The highest BCUT2D eigenvalue weighted by atomic mass is 79.9. The molecule has 0 fully saturated rings. The molecule has 0 aliphatic carbocycles. The Balaban J connectivity index is 2.11. The first-order chi connectivity index (χ1) is 9.24. The van der Waals surface area contributed by atoms with Crippen molar-refractivity contribution in [1.29, 1.82) is 0 Å². The number of carbonyl (C=O) groups excluding carboxylic acids is 1. The molecule has 2 heterocycles. The van der Waals surface area contributed by atoms with E-state index in [1.807, 2.05) is 36.4 Å². The lowest BCUT2D eigenvalue weighted by molar-refractivity contribution is -0.115. The monoisotopic (exact) mass is 317 g/mol. The van der Waals surface area contributed by atoms with Crippen molar-refractivity contribution >= 4 is 27.5 Å². The van der Waals surface area contributed by atoms with Crippen LogP contribution in [0.4, 0.5) is 5.69 Å². The zero-order valence-corrected chi connectivity index (χ0v) is 11.6. The van der Waals surface area contributed by atoms with E-state index in [1.165, 1.54) is 0 Å². The maximum absolute atomic E-state index is 11.7. The maximum Gasteiger partial charge on any atom is 0.238 e. The van der Waals surface area contributed by atoms with Gasteiger partial charge in [0.1, 0.15) is 0 Å². The molecular formula is C14H12BrN3O. The summed E-state index contributed by atoms with van der Waals surface area (Å²) >= 11 is 3.47. The molecule has 0 spiro atoms. The molecule has 3 rings (SSSR count). The third kappa shape index (κ3) is 2.52. The van der Waals surface area contributed by atoms with Crippen molar-refractivity contribution in [3.63, 3.8) is 0 Å². The summed E-state index contributed by atoms with van der Waals surface area (Å²) < 4.78 is 0.977. The van der Waals surface area contributed by atoms with E-state index in [0.29, 0.717) is 0 Å². The molecule has 1 atom stereocenters. The van der Waals surface area contributed by atoms with Crippen LogP contribution in [0.3, 0.4) is 0 Å². The number of rotatable bonds is 1. The van der Waals surface area contributed by atoms with E-state index in [1.54, 1.807) is 6.20 Å². The smallest absolute Gasteiger partial charge is 0.238 e. The van der Waals surface area contributed by atoms with Crippen molar-refractivity contribution in [3.8, 4) is 0 Å². The standard InChI is InChI=1S/C14H12BrN3O/c15-9-4-5-11-10(7-9)14(17-8-13(19)18-11)12-3-1-2-6-16-12/h1-7,14,17H,8H2,(H,18,19). The fourth-order valence-corrected chi connectivity index (χ4v) is 2.57. The van der Waals surface area contributed by atoms with Gasteiger partial charge in [0.25, 0.3) is 0 Å². The second kappa shape index (κ2) is 5.11. The third-order valence-corrected chi connectivity index (χ3v) is 3.54. The lowest BCUT2D eigenvalue weighted by Gasteiger charge is -2.17. The van der Waals surface area contributed by atoms with Crippen LogP contribution in [0.25, 0.3) is 0 Å². The van der Waals surface area contributed by atoms with Gasteiger partial charge in [-0.1, -0.05) is 22.0 Å². The number of hydrogen-bond acceptors (Lipinski definition) is 3. The minimum absolute atomic E-state index is 0.0398. The van der Waals surface area contributed by atoms with Crippen LogP contribution < -0.4 is 10.6 Å². The summed E-state index contributed by atoms with van der Waals surface area (Å²) in [4.78, 5) is 16.1. The molecule has 2 N–H and O–H groups in total. The summed E-state index contributed by atoms with van der Waals surface area (Å²) in [7, 11) is 0. The molecule has 1 aromatic heterocycles. The van der Waals surface area contributed by atoms with Crippen LogP contribution in [0.5, 0.6) is 0 Å². The van der Waals surface area contributed by atoms with Gasteiger partial charge in [-0.15, -0.1) is 0 Å². The van der Waals surface area contributed by atoms with Crippen LogP contribution >= 0.6 is 15.9 Å². The van der Waals surface area contributed by atoms with Gasteiger partial charge < -0.3 is 5.32 Å². The van der Waals surface area contributed by atoms with Crippen molar-refractivity contribution in [2.24, 2.45) is 0 Å². The highest BCUT2D eigenvalue weighted by Crippen LogP contribution is 2.31. The van der Waals surface area contributed by atoms with Gasteiger partial charge in [0.2, 0.25) is 5.91 Å². The fraction of sp³-hybridized carbons (Fsp3) is 0.143. The first kappa shape index (κ1) is 12.3. The molecule has 0 radical (unpaired) electrons. The van der Waals surface area contributed by atoms with Crippen LogP contribution in [0.2, 0.25) is 0 Å². The molecule has 5 heteroatoms. The molecule has 0 bridgehead atoms. The minimum Gasteiger partial charge on any atom is -0.325 e. The normalized spacial score (nSPS) is 18.4. The molecule has 1 aliphatic rings. The Hall–Kier alpha value is -1.72. The number of anilines is 1. The summed E-state index contributed by atoms with van der Waals surface area (Å²) in [5.41, 5.74) is 2.74. The Kier molecular flexibility index (Phi) is 3.31. The van der Waals surface area contributed by atoms with E-state index in [0.717, 1.165) is 21.4 Å². The lowest BCUT2D eigenvalue weighted by Crippen LogP contribution is -2.28. The number of nitrogens with zero attached hydrogens (tertiary/aromatic N) is 1. The number of halogens is 1. The number of carbonyl (C=O) groups is 1. The Morgan fingerprint density at radius 3 is 2.95 bits per heavy atom. The average Bonchev–Trinajstić information content (AvgIpc) is 2.58. The summed E-state index contributed by atoms with van der Waals surface area (Å²) in [5.74, 6) is -0.0398. The van der Waals surface area contributed by atoms with E-state index in [9.17, 15) is 4.79 Å². The maximum atomic E-state index is 11.7. The van der Waals surface area contributed by atoms with Gasteiger partial charge in [-0.2, -0.15) is 0 Å². The highest BCUT2D eigenvalue weighted by molar-refractivity contribution is 9.10. The van der Waals surface area contributed by atoms with Crippen LogP contribution in [0.1, 0.15) is 17.3 Å². The summed E-state index contributed by atoms with van der Waals surface area (Å²) in [6, 6.07) is 11.5. The molecular weight excluding hydrogens is 306 g/mol. The van der Waals surface area contributed by atoms with Crippen LogP contribution in [-0.2, 0) is 4.79 Å². The Labute approximate surface area is 119 Å². The van der Waals surface area contributed by atoms with E-state index in [2.05, 4.69) is 31.5 Å². The molecule has 96 valence electrons. The fourth-order valence-electron chi connectivity index (χ4n) is 2.20. The van der Waals surface area contributed by atoms with Gasteiger partial charge in [0.15, 0.2) is 0 Å². The van der Waals surface area contributed by atoms with Crippen molar-refractivity contribution in [2.75, 3.05) is 11.9 Å². The highest BCUT2D eigenvalue weighted by Gasteiger charge is 2.23. The first-order valence-electron chi connectivity index (χ1n) is 5.97. The van der Waals surface area contributed by atoms with Crippen LogP contribution in [-0.4, -0.2) is 17.4 Å². The Morgan fingerprint density at radius 2 is 2.16 bits per heavy atom. The van der Waals surface area contributed by atoms with Crippen molar-refractivity contribution in [2.45, 2.75) is 6.04 Å². The average molecular weight is 318 g/mol. The second-order valence-electron chi connectivity index (χ2n) is 4.35. The summed E-state index contributed by atoms with van der Waals surface area (Å²) in [6.07, 6.45) is 1.76. The first-order valence-corrected chi connectivity index (χ1v) is 6.77. The number of benzene rings is 1. The number of aromatic nitrogens is 1. The summed E-state index contributed by atoms with van der Waals surface area (Å²) in [5, 5.41) is 6.13. The topological polar surface area (TPSA) is 54.0 Å². The molecule has 4 nitrogen and oxygen atoms in total. The zero-order valence-electron chi connectivity index (χ0n) is 10.1. The molecule has 2 aromatic rings. The lowest BCUT2D eigenvalue weighted by atomic mass is 10.0. The third-order valence-electron chi connectivity index (χ3n) is 3.05. The predicted molar refractivity (Wildman–Crippen MR) is 76.9 cm³/mol. The molecule has 1 amide bonds.